The Morgan fingerprint density at radius 3 is 1.60 bits per heavy atom. The molecule has 20 heavy (non-hydrogen) atoms. The van der Waals surface area contributed by atoms with E-state index in [1.807, 2.05) is 29.6 Å². The van der Waals surface area contributed by atoms with Crippen LogP contribution in [0.2, 0.25) is 0 Å². The average Bonchev–Trinajstić information content (AvgIpc) is 3.03. The van der Waals surface area contributed by atoms with Gasteiger partial charge in [-0.05, 0) is 60.1 Å². The zero-order valence-electron chi connectivity index (χ0n) is 10.6. The number of hydrogen-bond acceptors (Lipinski definition) is 6. The second kappa shape index (κ2) is 7.10. The van der Waals surface area contributed by atoms with E-state index in [1.165, 1.54) is 11.5 Å². The highest BCUT2D eigenvalue weighted by Gasteiger charge is 1.96. The van der Waals surface area contributed by atoms with E-state index in [0.29, 0.717) is 0 Å². The summed E-state index contributed by atoms with van der Waals surface area (Å²) in [6.45, 7) is 0. The molecule has 6 heteroatoms. The molecule has 0 aliphatic carbocycles. The average molecular weight is 286 g/mol. The molecule has 0 unspecified atom stereocenters. The molecule has 3 rings (SSSR count). The van der Waals surface area contributed by atoms with Gasteiger partial charge in [-0.3, -0.25) is 0 Å². The quantitative estimate of drug-likeness (QED) is 0.706. The van der Waals surface area contributed by atoms with Crippen LogP contribution in [0, 0.1) is 0 Å². The van der Waals surface area contributed by atoms with E-state index in [4.69, 9.17) is 16.2 Å². The standard InChI is InChI=1S/C12H12N2O.C2H2N2S/c13-9-1-5-11(6-2-9)15-12-7-3-10(14)4-8-12;1-2-5-4-3-1/h1-8H,13-14H2;1-2H. The first-order chi connectivity index (χ1) is 9.74. The van der Waals surface area contributed by atoms with Crippen LogP contribution in [-0.2, 0) is 0 Å². The molecule has 0 aliphatic rings. The molecule has 0 saturated heterocycles. The van der Waals surface area contributed by atoms with E-state index in [-0.39, 0.29) is 0 Å². The van der Waals surface area contributed by atoms with Crippen molar-refractivity contribution in [3.05, 3.63) is 60.1 Å². The van der Waals surface area contributed by atoms with Gasteiger partial charge in [-0.15, -0.1) is 5.10 Å². The van der Waals surface area contributed by atoms with Gasteiger partial charge in [0.2, 0.25) is 0 Å². The minimum absolute atomic E-state index is 0.722. The van der Waals surface area contributed by atoms with Gasteiger partial charge in [-0.2, -0.15) is 0 Å². The van der Waals surface area contributed by atoms with Gasteiger partial charge in [0.05, 0.1) is 6.20 Å². The zero-order chi connectivity index (χ0) is 14.2. The predicted molar refractivity (Wildman–Crippen MR) is 81.7 cm³/mol. The molecule has 0 bridgehead atoms. The SMILES string of the molecule is Nc1ccc(Oc2ccc(N)cc2)cc1.c1csnn1. The third-order valence-electron chi connectivity index (χ3n) is 2.28. The Morgan fingerprint density at radius 1 is 0.800 bits per heavy atom. The maximum Gasteiger partial charge on any atom is 0.127 e. The van der Waals surface area contributed by atoms with Crippen molar-refractivity contribution in [3.8, 4) is 11.5 Å². The van der Waals surface area contributed by atoms with E-state index < -0.39 is 0 Å². The van der Waals surface area contributed by atoms with Gasteiger partial charge in [0.1, 0.15) is 11.5 Å². The fourth-order valence-electron chi connectivity index (χ4n) is 1.34. The van der Waals surface area contributed by atoms with Crippen molar-refractivity contribution >= 4 is 22.9 Å². The summed E-state index contributed by atoms with van der Waals surface area (Å²) in [7, 11) is 0. The van der Waals surface area contributed by atoms with Gasteiger partial charge in [-0.1, -0.05) is 4.49 Å². The summed E-state index contributed by atoms with van der Waals surface area (Å²) in [6, 6.07) is 14.5. The van der Waals surface area contributed by atoms with E-state index in [2.05, 4.69) is 9.59 Å². The van der Waals surface area contributed by atoms with Crippen LogP contribution in [0.25, 0.3) is 0 Å². The third-order valence-corrected chi connectivity index (χ3v) is 2.71. The molecular weight excluding hydrogens is 272 g/mol. The van der Waals surface area contributed by atoms with Crippen LogP contribution in [0.15, 0.2) is 60.1 Å². The van der Waals surface area contributed by atoms with Gasteiger partial charge < -0.3 is 16.2 Å². The highest BCUT2D eigenvalue weighted by atomic mass is 32.1. The van der Waals surface area contributed by atoms with E-state index >= 15 is 0 Å². The molecule has 0 amide bonds. The van der Waals surface area contributed by atoms with Crippen molar-refractivity contribution in [2.45, 2.75) is 0 Å². The molecule has 0 saturated carbocycles. The van der Waals surface area contributed by atoms with E-state index in [0.717, 1.165) is 22.9 Å². The molecule has 2 aromatic carbocycles. The first-order valence-electron chi connectivity index (χ1n) is 5.84. The molecule has 5 nitrogen and oxygen atoms in total. The molecule has 1 aromatic heterocycles. The molecule has 0 spiro atoms. The smallest absolute Gasteiger partial charge is 0.127 e. The number of nitrogen functional groups attached to an aromatic ring is 2. The lowest BCUT2D eigenvalue weighted by Crippen LogP contribution is -1.87. The van der Waals surface area contributed by atoms with Crippen molar-refractivity contribution < 1.29 is 4.74 Å². The topological polar surface area (TPSA) is 87.0 Å². The minimum Gasteiger partial charge on any atom is -0.457 e. The van der Waals surface area contributed by atoms with Gasteiger partial charge in [0.15, 0.2) is 0 Å². The Bertz CT molecular complexity index is 548. The number of anilines is 2. The van der Waals surface area contributed by atoms with Crippen LogP contribution in [-0.4, -0.2) is 9.59 Å². The van der Waals surface area contributed by atoms with Crippen LogP contribution in [0.5, 0.6) is 11.5 Å². The molecule has 0 aliphatic heterocycles. The van der Waals surface area contributed by atoms with Gasteiger partial charge in [0, 0.05) is 16.8 Å². The molecular formula is C14H14N4OS. The minimum atomic E-state index is 0.722. The fraction of sp³-hybridized carbons (Fsp3) is 0. The molecule has 0 radical (unpaired) electrons. The Balaban J connectivity index is 0.000000247. The largest absolute Gasteiger partial charge is 0.457 e. The maximum atomic E-state index is 5.58. The second-order valence-electron chi connectivity index (χ2n) is 3.83. The highest BCUT2D eigenvalue weighted by molar-refractivity contribution is 7.03. The predicted octanol–water partition coefficient (Wildman–Crippen LogP) is 3.18. The highest BCUT2D eigenvalue weighted by Crippen LogP contribution is 2.22. The summed E-state index contributed by atoms with van der Waals surface area (Å²) in [5.74, 6) is 1.52. The Hall–Kier alpha value is -2.60. The Kier molecular flexibility index (Phi) is 4.91. The molecule has 0 fully saturated rings. The Labute approximate surface area is 121 Å². The summed E-state index contributed by atoms with van der Waals surface area (Å²) in [5, 5.41) is 5.31. The number of ether oxygens (including phenoxy) is 1. The monoisotopic (exact) mass is 286 g/mol. The van der Waals surface area contributed by atoms with Crippen molar-refractivity contribution in [1.82, 2.24) is 9.59 Å². The van der Waals surface area contributed by atoms with Crippen LogP contribution >= 0.6 is 11.5 Å². The summed E-state index contributed by atoms with van der Waals surface area (Å²) < 4.78 is 9.09. The lowest BCUT2D eigenvalue weighted by molar-refractivity contribution is 0.483. The van der Waals surface area contributed by atoms with E-state index in [1.54, 1.807) is 30.5 Å². The zero-order valence-corrected chi connectivity index (χ0v) is 11.5. The summed E-state index contributed by atoms with van der Waals surface area (Å²) in [5.41, 5.74) is 12.6. The van der Waals surface area contributed by atoms with Crippen molar-refractivity contribution in [3.63, 3.8) is 0 Å². The first-order valence-corrected chi connectivity index (χ1v) is 6.67. The number of rotatable bonds is 2. The van der Waals surface area contributed by atoms with Crippen LogP contribution in [0.1, 0.15) is 0 Å². The number of aromatic nitrogens is 2. The number of nitrogens with two attached hydrogens (primary N) is 2. The van der Waals surface area contributed by atoms with Crippen LogP contribution in [0.3, 0.4) is 0 Å². The number of benzene rings is 2. The third kappa shape index (κ3) is 4.58. The van der Waals surface area contributed by atoms with E-state index in [9.17, 15) is 0 Å². The molecule has 4 N–H and O–H groups in total. The summed E-state index contributed by atoms with van der Waals surface area (Å²) in [4.78, 5) is 0. The molecule has 3 aromatic rings. The normalized spacial score (nSPS) is 9.40. The Morgan fingerprint density at radius 2 is 1.30 bits per heavy atom. The van der Waals surface area contributed by atoms with Crippen LogP contribution in [0.4, 0.5) is 11.4 Å². The van der Waals surface area contributed by atoms with Crippen molar-refractivity contribution in [2.24, 2.45) is 0 Å². The molecule has 1 heterocycles. The van der Waals surface area contributed by atoms with Gasteiger partial charge in [0.25, 0.3) is 0 Å². The number of nitrogens with zero attached hydrogens (tertiary/aromatic N) is 2. The van der Waals surface area contributed by atoms with Crippen LogP contribution < -0.4 is 16.2 Å². The second-order valence-corrected chi connectivity index (χ2v) is 4.47. The van der Waals surface area contributed by atoms with Crippen molar-refractivity contribution in [1.29, 1.82) is 0 Å². The summed E-state index contributed by atoms with van der Waals surface area (Å²) >= 11 is 1.35. The van der Waals surface area contributed by atoms with Gasteiger partial charge >= 0.3 is 0 Å². The summed E-state index contributed by atoms with van der Waals surface area (Å²) in [6.07, 6.45) is 1.66. The van der Waals surface area contributed by atoms with Crippen molar-refractivity contribution in [2.75, 3.05) is 11.5 Å². The maximum absolute atomic E-state index is 5.58. The molecule has 0 atom stereocenters. The molecule has 102 valence electrons. The lowest BCUT2D eigenvalue weighted by atomic mass is 10.3. The first kappa shape index (κ1) is 13.8. The number of hydrogen-bond donors (Lipinski definition) is 2. The van der Waals surface area contributed by atoms with Gasteiger partial charge in [-0.25, -0.2) is 0 Å². The fourth-order valence-corrected chi connectivity index (χ4v) is 1.62. The lowest BCUT2D eigenvalue weighted by Gasteiger charge is -2.05.